The lowest BCUT2D eigenvalue weighted by atomic mass is 9.65. The molecule has 13 aromatic rings. The molecule has 72 heavy (non-hydrogen) atoms. The molecule has 1 aliphatic carbocycles. The molecule has 0 N–H and O–H groups in total. The van der Waals surface area contributed by atoms with Gasteiger partial charge in [0.2, 0.25) is 0 Å². The Morgan fingerprint density at radius 1 is 0.306 bits per heavy atom. The molecule has 2 nitrogen and oxygen atoms in total. The molecule has 0 bridgehead atoms. The minimum atomic E-state index is -0.619. The summed E-state index contributed by atoms with van der Waals surface area (Å²) in [6.45, 7) is 0. The number of para-hydroxylation sites is 1. The number of nitrogens with zero attached hydrogens (tertiary/aromatic N) is 1. The Labute approximate surface area is 421 Å². The van der Waals surface area contributed by atoms with Crippen LogP contribution in [0.4, 0.5) is 17.1 Å². The van der Waals surface area contributed by atoms with Crippen LogP contribution in [0.3, 0.4) is 0 Å². The number of anilines is 3. The van der Waals surface area contributed by atoms with Gasteiger partial charge in [-0.3, -0.25) is 0 Å². The molecule has 336 valence electrons. The molecule has 3 heteroatoms. The van der Waals surface area contributed by atoms with Crippen molar-refractivity contribution in [3.05, 3.63) is 283 Å². The Morgan fingerprint density at radius 2 is 0.819 bits per heavy atom. The third-order valence-electron chi connectivity index (χ3n) is 15.3. The molecule has 0 atom stereocenters. The smallest absolute Gasteiger partial charge is 0.140 e. The van der Waals surface area contributed by atoms with Crippen molar-refractivity contribution in [1.82, 2.24) is 0 Å². The van der Waals surface area contributed by atoms with Crippen LogP contribution in [-0.4, -0.2) is 0 Å². The number of thiophene rings is 1. The Hall–Kier alpha value is -9.02. The van der Waals surface area contributed by atoms with Gasteiger partial charge in [0, 0.05) is 59.0 Å². The highest BCUT2D eigenvalue weighted by Gasteiger charge is 2.52. The van der Waals surface area contributed by atoms with Gasteiger partial charge < -0.3 is 9.64 Å². The maximum absolute atomic E-state index is 7.23. The van der Waals surface area contributed by atoms with Crippen LogP contribution in [-0.2, 0) is 5.41 Å². The van der Waals surface area contributed by atoms with Crippen molar-refractivity contribution in [2.45, 2.75) is 5.41 Å². The fraction of sp³-hybridized carbons (Fsp3) is 0.0145. The highest BCUT2D eigenvalue weighted by molar-refractivity contribution is 7.25. The zero-order valence-corrected chi connectivity index (χ0v) is 39.9. The number of ether oxygens (including phenoxy) is 1. The van der Waals surface area contributed by atoms with Gasteiger partial charge >= 0.3 is 0 Å². The van der Waals surface area contributed by atoms with Crippen molar-refractivity contribution >= 4 is 70.1 Å². The maximum Gasteiger partial charge on any atom is 0.140 e. The molecule has 0 unspecified atom stereocenters. The molecule has 15 rings (SSSR count). The Bertz CT molecular complexity index is 4220. The molecule has 0 fully saturated rings. The highest BCUT2D eigenvalue weighted by Crippen LogP contribution is 2.64. The van der Waals surface area contributed by atoms with E-state index in [-0.39, 0.29) is 0 Å². The fourth-order valence-corrected chi connectivity index (χ4v) is 13.1. The van der Waals surface area contributed by atoms with Crippen molar-refractivity contribution in [3.63, 3.8) is 0 Å². The summed E-state index contributed by atoms with van der Waals surface area (Å²) in [5.41, 5.74) is 17.1. The fourth-order valence-electron chi connectivity index (χ4n) is 12.1. The molecule has 1 spiro atoms. The zero-order valence-electron chi connectivity index (χ0n) is 39.1. The topological polar surface area (TPSA) is 12.5 Å². The lowest BCUT2D eigenvalue weighted by Gasteiger charge is -2.40. The van der Waals surface area contributed by atoms with Crippen molar-refractivity contribution in [2.24, 2.45) is 0 Å². The monoisotopic (exact) mass is 933 g/mol. The number of hydrogen-bond acceptors (Lipinski definition) is 3. The predicted octanol–water partition coefficient (Wildman–Crippen LogP) is 19.3. The van der Waals surface area contributed by atoms with E-state index in [0.29, 0.717) is 0 Å². The molecule has 0 radical (unpaired) electrons. The predicted molar refractivity (Wildman–Crippen MR) is 303 cm³/mol. The first-order valence-corrected chi connectivity index (χ1v) is 25.5. The van der Waals surface area contributed by atoms with Gasteiger partial charge in [-0.1, -0.05) is 206 Å². The van der Waals surface area contributed by atoms with E-state index in [9.17, 15) is 0 Å². The first kappa shape index (κ1) is 40.8. The van der Waals surface area contributed by atoms with Crippen LogP contribution in [0.15, 0.2) is 261 Å². The summed E-state index contributed by atoms with van der Waals surface area (Å²) in [5, 5.41) is 7.19. The summed E-state index contributed by atoms with van der Waals surface area (Å²) in [6.07, 6.45) is 0. The average Bonchev–Trinajstić information content (AvgIpc) is 3.97. The number of rotatable bonds is 6. The zero-order chi connectivity index (χ0) is 47.3. The molecule has 0 saturated heterocycles. The maximum atomic E-state index is 7.23. The second-order valence-corrected chi connectivity index (χ2v) is 20.2. The third kappa shape index (κ3) is 6.08. The number of benzene rings is 12. The molecule has 2 heterocycles. The standard InChI is InChI=1S/C69H43NOS/c1-2-14-46(15-3-1)53-18-9-12-24-64(53)70(51-34-26-44(27-35-51)49-33-41-66-59(42-49)58-22-10-13-25-65(58)72-66)52-36-28-45(29-37-52)50-30-38-57-56-21-8-11-23-60(56)69(63(57)43-50)61-39-31-47-16-4-6-19-54(47)67(61)71-68-55-20-7-5-17-48(55)32-40-62(68)69/h1-43H. The van der Waals surface area contributed by atoms with E-state index in [1.807, 2.05) is 11.3 Å². The van der Waals surface area contributed by atoms with Crippen LogP contribution in [0.25, 0.3) is 86.2 Å². The highest BCUT2D eigenvalue weighted by atomic mass is 32.1. The Balaban J connectivity index is 0.876. The van der Waals surface area contributed by atoms with Crippen LogP contribution >= 0.6 is 11.3 Å². The van der Waals surface area contributed by atoms with Gasteiger partial charge in [-0.25, -0.2) is 0 Å². The van der Waals surface area contributed by atoms with Crippen molar-refractivity contribution in [2.75, 3.05) is 4.90 Å². The second kappa shape index (κ2) is 16.0. The molecule has 0 amide bonds. The summed E-state index contributed by atoms with van der Waals surface area (Å²) >= 11 is 1.86. The third-order valence-corrected chi connectivity index (χ3v) is 16.5. The van der Waals surface area contributed by atoms with Crippen molar-refractivity contribution in [1.29, 1.82) is 0 Å². The van der Waals surface area contributed by atoms with Crippen LogP contribution in [0.1, 0.15) is 22.3 Å². The lowest BCUT2D eigenvalue weighted by molar-refractivity contribution is 0.447. The van der Waals surface area contributed by atoms with Crippen LogP contribution in [0, 0.1) is 0 Å². The Kier molecular flexibility index (Phi) is 9.08. The number of fused-ring (bicyclic) bond motifs is 16. The minimum absolute atomic E-state index is 0.619. The molecule has 1 aromatic heterocycles. The molecule has 2 aliphatic rings. The first-order valence-electron chi connectivity index (χ1n) is 24.7. The van der Waals surface area contributed by atoms with Crippen molar-refractivity contribution in [3.8, 4) is 56.0 Å². The summed E-state index contributed by atoms with van der Waals surface area (Å²) in [7, 11) is 0. The van der Waals surface area contributed by atoms with E-state index in [0.717, 1.165) is 55.7 Å². The molecule has 0 saturated carbocycles. The van der Waals surface area contributed by atoms with E-state index in [4.69, 9.17) is 4.74 Å². The van der Waals surface area contributed by atoms with Gasteiger partial charge in [0.05, 0.1) is 11.1 Å². The summed E-state index contributed by atoms with van der Waals surface area (Å²) < 4.78 is 9.87. The largest absolute Gasteiger partial charge is 0.455 e. The van der Waals surface area contributed by atoms with Crippen molar-refractivity contribution < 1.29 is 4.74 Å². The van der Waals surface area contributed by atoms with E-state index < -0.39 is 5.41 Å². The normalized spacial score (nSPS) is 12.9. The molecular weight excluding hydrogens is 891 g/mol. The van der Waals surface area contributed by atoms with E-state index in [1.54, 1.807) is 0 Å². The minimum Gasteiger partial charge on any atom is -0.455 e. The summed E-state index contributed by atoms with van der Waals surface area (Å²) in [4.78, 5) is 2.41. The average molecular weight is 934 g/mol. The van der Waals surface area contributed by atoms with E-state index >= 15 is 0 Å². The van der Waals surface area contributed by atoms with Crippen LogP contribution in [0.5, 0.6) is 11.5 Å². The molecule has 1 aliphatic heterocycles. The lowest BCUT2D eigenvalue weighted by Crippen LogP contribution is -2.32. The van der Waals surface area contributed by atoms with Gasteiger partial charge in [0.15, 0.2) is 0 Å². The SMILES string of the molecule is c1ccc(-c2ccccc2N(c2ccc(-c3ccc4c(c3)C3(c5ccccc5-4)c4ccc5ccccc5c4Oc4c3ccc3ccccc43)cc2)c2ccc(-c3ccc4sc5ccccc5c4c3)cc2)cc1. The van der Waals surface area contributed by atoms with Gasteiger partial charge in [0.1, 0.15) is 11.5 Å². The second-order valence-electron chi connectivity index (χ2n) is 19.1. The summed E-state index contributed by atoms with van der Waals surface area (Å²) in [6, 6.07) is 95.9. The first-order chi connectivity index (χ1) is 35.7. The van der Waals surface area contributed by atoms with Gasteiger partial charge in [-0.2, -0.15) is 0 Å². The quantitative estimate of drug-likeness (QED) is 0.165. The van der Waals surface area contributed by atoms with Crippen LogP contribution in [0.2, 0.25) is 0 Å². The molecular formula is C69H43NOS. The van der Waals surface area contributed by atoms with Gasteiger partial charge in [0.25, 0.3) is 0 Å². The van der Waals surface area contributed by atoms with Crippen LogP contribution < -0.4 is 9.64 Å². The Morgan fingerprint density at radius 3 is 1.51 bits per heavy atom. The van der Waals surface area contributed by atoms with Gasteiger partial charge in [-0.05, 0) is 115 Å². The number of hydrogen-bond donors (Lipinski definition) is 0. The van der Waals surface area contributed by atoms with E-state index in [1.165, 1.54) is 81.4 Å². The summed E-state index contributed by atoms with van der Waals surface area (Å²) in [5.74, 6) is 1.85. The van der Waals surface area contributed by atoms with Gasteiger partial charge in [-0.15, -0.1) is 11.3 Å². The van der Waals surface area contributed by atoms with E-state index in [2.05, 4.69) is 266 Å². The molecule has 12 aromatic carbocycles.